The predicted octanol–water partition coefficient (Wildman–Crippen LogP) is 3.64. The maximum absolute atomic E-state index is 12.5. The molecular formula is C22H19F4N7O2. The zero-order valence-electron chi connectivity index (χ0n) is 18.3. The lowest BCUT2D eigenvalue weighted by Crippen LogP contribution is -2.16. The van der Waals surface area contributed by atoms with Gasteiger partial charge in [0, 0.05) is 6.42 Å². The number of nitrogens with one attached hydrogen (secondary N) is 2. The number of hydrogen-bond acceptors (Lipinski definition) is 6. The van der Waals surface area contributed by atoms with Gasteiger partial charge in [0.25, 0.3) is 5.56 Å². The number of anilines is 1. The first-order valence-electron chi connectivity index (χ1n) is 10.5. The van der Waals surface area contributed by atoms with Crippen LogP contribution in [0.3, 0.4) is 0 Å². The van der Waals surface area contributed by atoms with Gasteiger partial charge in [0.15, 0.2) is 11.5 Å². The van der Waals surface area contributed by atoms with E-state index >= 15 is 0 Å². The van der Waals surface area contributed by atoms with Crippen LogP contribution >= 0.6 is 0 Å². The molecule has 9 nitrogen and oxygen atoms in total. The summed E-state index contributed by atoms with van der Waals surface area (Å²) in [6, 6.07) is 7.94. The number of H-pyrrole nitrogens is 1. The van der Waals surface area contributed by atoms with Gasteiger partial charge in [0.2, 0.25) is 5.91 Å². The summed E-state index contributed by atoms with van der Waals surface area (Å²) in [5.74, 6) is -0.910. The van der Waals surface area contributed by atoms with Gasteiger partial charge < -0.3 is 10.3 Å². The molecule has 0 unspecified atom stereocenters. The Morgan fingerprint density at radius 1 is 1.11 bits per heavy atom. The first-order valence-corrected chi connectivity index (χ1v) is 10.5. The third kappa shape index (κ3) is 5.50. The molecule has 182 valence electrons. The van der Waals surface area contributed by atoms with E-state index in [0.29, 0.717) is 11.3 Å². The Balaban J connectivity index is 0.000000356. The second-order valence-corrected chi connectivity index (χ2v) is 7.75. The molecular weight excluding hydrogens is 470 g/mol. The number of aryl methyl sites for hydroxylation is 1. The quantitative estimate of drug-likeness (QED) is 0.423. The third-order valence-electron chi connectivity index (χ3n) is 5.20. The van der Waals surface area contributed by atoms with Crippen LogP contribution in [0.5, 0.6) is 0 Å². The molecule has 4 aromatic rings. The number of alkyl halides is 3. The number of amides is 1. The Morgan fingerprint density at radius 2 is 1.86 bits per heavy atom. The molecule has 1 aliphatic heterocycles. The zero-order chi connectivity index (χ0) is 25.2. The molecule has 0 fully saturated rings. The smallest absolute Gasteiger partial charge is 0.310 e. The van der Waals surface area contributed by atoms with Crippen molar-refractivity contribution in [2.24, 2.45) is 0 Å². The molecule has 1 aromatic carbocycles. The molecule has 3 aromatic heterocycles. The molecule has 0 aliphatic carbocycles. The number of aromatic amines is 1. The molecule has 0 spiro atoms. The fourth-order valence-electron chi connectivity index (χ4n) is 3.50. The summed E-state index contributed by atoms with van der Waals surface area (Å²) in [5.41, 5.74) is 0.593. The Labute approximate surface area is 195 Å². The Bertz CT molecular complexity index is 1420. The molecule has 2 N–H and O–H groups in total. The molecule has 1 amide bonds. The molecule has 0 saturated carbocycles. The minimum absolute atomic E-state index is 0.0263. The number of carbonyl (C=O) groups is 1. The van der Waals surface area contributed by atoms with Gasteiger partial charge in [-0.15, -0.1) is 0 Å². The summed E-state index contributed by atoms with van der Waals surface area (Å²) in [5, 5.41) is 6.53. The number of nitrogens with zero attached hydrogens (tertiary/aromatic N) is 5. The number of fused-ring (bicyclic) bond motifs is 2. The van der Waals surface area contributed by atoms with Gasteiger partial charge in [0.05, 0.1) is 23.4 Å². The standard InChI is InChI=1S/C16H14F3N7O2.C6H5F/c1-7-10-12(25-14(7)27)23-11(24-15(10)28)9-5-26-13(20-6-21-26)8(22-9)3-2-4-16(17,18)19;7-6-4-2-1-3-5-6/h5-7H,2-4H2,1H3,(H2,23,24,25,27,28);1-5H/t7-;/m1./s1. The first kappa shape index (κ1) is 24.0. The number of aromatic nitrogens is 6. The first-order chi connectivity index (χ1) is 16.6. The van der Waals surface area contributed by atoms with Crippen molar-refractivity contribution in [2.45, 2.75) is 38.3 Å². The summed E-state index contributed by atoms with van der Waals surface area (Å²) >= 11 is 0. The van der Waals surface area contributed by atoms with Gasteiger partial charge in [-0.25, -0.2) is 23.9 Å². The number of hydrogen-bond donors (Lipinski definition) is 2. The molecule has 0 saturated heterocycles. The highest BCUT2D eigenvalue weighted by atomic mass is 19.4. The molecule has 1 atom stereocenters. The average molecular weight is 489 g/mol. The normalized spacial score (nSPS) is 14.9. The highest BCUT2D eigenvalue weighted by Crippen LogP contribution is 2.29. The van der Waals surface area contributed by atoms with Crippen LogP contribution in [-0.2, 0) is 11.2 Å². The molecule has 0 radical (unpaired) electrons. The summed E-state index contributed by atoms with van der Waals surface area (Å²) in [4.78, 5) is 39.3. The summed E-state index contributed by atoms with van der Waals surface area (Å²) in [6.45, 7) is 1.59. The molecule has 0 bridgehead atoms. The fourth-order valence-corrected chi connectivity index (χ4v) is 3.50. The predicted molar refractivity (Wildman–Crippen MR) is 117 cm³/mol. The highest BCUT2D eigenvalue weighted by molar-refractivity contribution is 6.01. The van der Waals surface area contributed by atoms with E-state index in [9.17, 15) is 27.2 Å². The van der Waals surface area contributed by atoms with E-state index in [1.54, 1.807) is 25.1 Å². The van der Waals surface area contributed by atoms with E-state index in [2.05, 4.69) is 30.4 Å². The van der Waals surface area contributed by atoms with Gasteiger partial charge in [-0.05, 0) is 31.9 Å². The molecule has 1 aliphatic rings. The molecule has 4 heterocycles. The molecule has 5 rings (SSSR count). The van der Waals surface area contributed by atoms with Crippen LogP contribution in [0.15, 0.2) is 47.7 Å². The fraction of sp³-hybridized carbons (Fsp3) is 0.273. The van der Waals surface area contributed by atoms with E-state index < -0.39 is 24.1 Å². The maximum Gasteiger partial charge on any atom is 0.389 e. The van der Waals surface area contributed by atoms with Crippen molar-refractivity contribution in [3.63, 3.8) is 0 Å². The van der Waals surface area contributed by atoms with Gasteiger partial charge in [0.1, 0.15) is 23.7 Å². The van der Waals surface area contributed by atoms with Crippen molar-refractivity contribution in [3.05, 3.63) is 70.3 Å². The minimum Gasteiger partial charge on any atom is -0.310 e. The monoisotopic (exact) mass is 489 g/mol. The second-order valence-electron chi connectivity index (χ2n) is 7.75. The topological polar surface area (TPSA) is 118 Å². The third-order valence-corrected chi connectivity index (χ3v) is 5.20. The Morgan fingerprint density at radius 3 is 2.51 bits per heavy atom. The zero-order valence-corrected chi connectivity index (χ0v) is 18.3. The summed E-state index contributed by atoms with van der Waals surface area (Å²) < 4.78 is 50.6. The average Bonchev–Trinajstić information content (AvgIpc) is 3.38. The van der Waals surface area contributed by atoms with E-state index in [4.69, 9.17) is 0 Å². The number of rotatable bonds is 4. The molecule has 35 heavy (non-hydrogen) atoms. The summed E-state index contributed by atoms with van der Waals surface area (Å²) in [7, 11) is 0. The largest absolute Gasteiger partial charge is 0.389 e. The minimum atomic E-state index is -4.26. The van der Waals surface area contributed by atoms with Gasteiger partial charge in [-0.2, -0.15) is 18.3 Å². The lowest BCUT2D eigenvalue weighted by atomic mass is 10.1. The highest BCUT2D eigenvalue weighted by Gasteiger charge is 2.32. The van der Waals surface area contributed by atoms with Crippen LogP contribution in [0.25, 0.3) is 17.2 Å². The lowest BCUT2D eigenvalue weighted by molar-refractivity contribution is -0.135. The lowest BCUT2D eigenvalue weighted by Gasteiger charge is -2.09. The van der Waals surface area contributed by atoms with E-state index in [0.717, 1.165) is 0 Å². The maximum atomic E-state index is 12.5. The number of halogens is 4. The van der Waals surface area contributed by atoms with Gasteiger partial charge in [-0.1, -0.05) is 18.2 Å². The SMILES string of the molecule is C[C@H]1C(=O)Nc2nc(-c3cn4ncnc4c(CCCC(F)(F)F)n3)[nH]c(=O)c21.Fc1ccccc1. The van der Waals surface area contributed by atoms with Crippen LogP contribution in [-0.4, -0.2) is 41.6 Å². The van der Waals surface area contributed by atoms with Crippen LogP contribution < -0.4 is 10.9 Å². The number of carbonyl (C=O) groups excluding carboxylic acids is 1. The van der Waals surface area contributed by atoms with Crippen LogP contribution in [0.4, 0.5) is 23.4 Å². The van der Waals surface area contributed by atoms with Crippen LogP contribution in [0.2, 0.25) is 0 Å². The summed E-state index contributed by atoms with van der Waals surface area (Å²) in [6.07, 6.45) is -2.63. The van der Waals surface area contributed by atoms with Crippen molar-refractivity contribution in [2.75, 3.05) is 5.32 Å². The van der Waals surface area contributed by atoms with E-state index in [1.165, 1.54) is 29.2 Å². The van der Waals surface area contributed by atoms with Crippen molar-refractivity contribution in [1.82, 2.24) is 29.5 Å². The molecule has 13 heteroatoms. The van der Waals surface area contributed by atoms with Crippen LogP contribution in [0, 0.1) is 5.82 Å². The van der Waals surface area contributed by atoms with Crippen molar-refractivity contribution >= 4 is 17.4 Å². The van der Waals surface area contributed by atoms with Crippen molar-refractivity contribution in [3.8, 4) is 11.5 Å². The Kier molecular flexibility index (Phi) is 6.58. The number of benzene rings is 1. The van der Waals surface area contributed by atoms with E-state index in [-0.39, 0.29) is 47.5 Å². The van der Waals surface area contributed by atoms with Crippen molar-refractivity contribution in [1.29, 1.82) is 0 Å². The van der Waals surface area contributed by atoms with E-state index in [1.807, 2.05) is 0 Å². The van der Waals surface area contributed by atoms with Gasteiger partial charge >= 0.3 is 6.18 Å². The Hall–Kier alpha value is -4.16. The van der Waals surface area contributed by atoms with Gasteiger partial charge in [-0.3, -0.25) is 9.59 Å². The van der Waals surface area contributed by atoms with Crippen molar-refractivity contribution < 1.29 is 22.4 Å². The second kappa shape index (κ2) is 9.60. The van der Waals surface area contributed by atoms with Crippen LogP contribution in [0.1, 0.15) is 36.9 Å².